The standard InChI is InChI=1S/C28H34N6O2/c1-19-8-7-11-24(20(19)2)33-16-14-32(15-17-33)13-12-29-27(35)21(3)34-25-10-6-5-9-22(25)23-18-30-31(4)28(36)26(23)34/h5-11,18,21H,12-17H2,1-4H3,(H,29,35)/t21-/m0/s1. The molecule has 1 amide bonds. The molecule has 2 aromatic heterocycles. The van der Waals surface area contributed by atoms with E-state index < -0.39 is 6.04 Å². The molecular formula is C28H34N6O2. The molecule has 0 radical (unpaired) electrons. The Bertz CT molecular complexity index is 1480. The van der Waals surface area contributed by atoms with Gasteiger partial charge in [-0.1, -0.05) is 30.3 Å². The number of piperazine rings is 1. The molecule has 36 heavy (non-hydrogen) atoms. The molecule has 0 aliphatic carbocycles. The van der Waals surface area contributed by atoms with Crippen LogP contribution in [0.5, 0.6) is 0 Å². The van der Waals surface area contributed by atoms with Crippen LogP contribution in [-0.4, -0.2) is 64.4 Å². The first-order valence-corrected chi connectivity index (χ1v) is 12.6. The van der Waals surface area contributed by atoms with Crippen molar-refractivity contribution in [1.29, 1.82) is 0 Å². The predicted octanol–water partition coefficient (Wildman–Crippen LogP) is 3.00. The molecule has 0 spiro atoms. The number of hydrogen-bond donors (Lipinski definition) is 1. The van der Waals surface area contributed by atoms with Crippen molar-refractivity contribution >= 4 is 33.4 Å². The Morgan fingerprint density at radius 1 is 1.03 bits per heavy atom. The number of benzene rings is 2. The summed E-state index contributed by atoms with van der Waals surface area (Å²) in [6.07, 6.45) is 1.71. The SMILES string of the molecule is Cc1cccc(N2CCN(CCNC(=O)[C@H](C)n3c4ccccc4c4cnn(C)c(=O)c43)CC2)c1C. The van der Waals surface area contributed by atoms with E-state index in [2.05, 4.69) is 52.3 Å². The van der Waals surface area contributed by atoms with Crippen molar-refractivity contribution in [3.05, 3.63) is 70.1 Å². The van der Waals surface area contributed by atoms with Gasteiger partial charge >= 0.3 is 0 Å². The number of nitrogens with one attached hydrogen (secondary N) is 1. The van der Waals surface area contributed by atoms with Crippen molar-refractivity contribution < 1.29 is 4.79 Å². The molecule has 2 aromatic carbocycles. The zero-order chi connectivity index (χ0) is 25.4. The first-order valence-electron chi connectivity index (χ1n) is 12.6. The maximum Gasteiger partial charge on any atom is 0.291 e. The summed E-state index contributed by atoms with van der Waals surface area (Å²) in [5, 5.41) is 9.00. The summed E-state index contributed by atoms with van der Waals surface area (Å²) in [6, 6.07) is 13.8. The molecule has 1 N–H and O–H groups in total. The Balaban J connectivity index is 1.23. The van der Waals surface area contributed by atoms with Crippen LogP contribution in [0.15, 0.2) is 53.5 Å². The maximum atomic E-state index is 13.2. The van der Waals surface area contributed by atoms with Crippen LogP contribution in [0.3, 0.4) is 0 Å². The lowest BCUT2D eigenvalue weighted by atomic mass is 10.1. The zero-order valence-corrected chi connectivity index (χ0v) is 21.5. The molecule has 0 bridgehead atoms. The van der Waals surface area contributed by atoms with E-state index in [4.69, 9.17) is 0 Å². The quantitative estimate of drug-likeness (QED) is 0.454. The maximum absolute atomic E-state index is 13.2. The largest absolute Gasteiger partial charge is 0.369 e. The number of aryl methyl sites for hydroxylation is 2. The fourth-order valence-electron chi connectivity index (χ4n) is 5.28. The highest BCUT2D eigenvalue weighted by molar-refractivity contribution is 6.08. The Kier molecular flexibility index (Phi) is 6.53. The second-order valence-corrected chi connectivity index (χ2v) is 9.74. The average molecular weight is 487 g/mol. The first-order chi connectivity index (χ1) is 17.4. The van der Waals surface area contributed by atoms with Gasteiger partial charge in [0.25, 0.3) is 5.56 Å². The monoisotopic (exact) mass is 486 g/mol. The highest BCUT2D eigenvalue weighted by Crippen LogP contribution is 2.29. The van der Waals surface area contributed by atoms with Crippen LogP contribution < -0.4 is 15.8 Å². The van der Waals surface area contributed by atoms with Crippen LogP contribution in [0.25, 0.3) is 21.8 Å². The van der Waals surface area contributed by atoms with Crippen molar-refractivity contribution in [3.63, 3.8) is 0 Å². The molecule has 1 aliphatic rings. The number of para-hydroxylation sites is 1. The third-order valence-corrected chi connectivity index (χ3v) is 7.59. The lowest BCUT2D eigenvalue weighted by Crippen LogP contribution is -2.49. The van der Waals surface area contributed by atoms with Crippen molar-refractivity contribution in [2.75, 3.05) is 44.2 Å². The fourth-order valence-corrected chi connectivity index (χ4v) is 5.28. The highest BCUT2D eigenvalue weighted by atomic mass is 16.2. The van der Waals surface area contributed by atoms with E-state index in [0.717, 1.165) is 49.0 Å². The number of carbonyl (C=O) groups excluding carboxylic acids is 1. The summed E-state index contributed by atoms with van der Waals surface area (Å²) in [5.74, 6) is -0.0921. The minimum Gasteiger partial charge on any atom is -0.369 e. The lowest BCUT2D eigenvalue weighted by molar-refractivity contribution is -0.123. The van der Waals surface area contributed by atoms with Crippen molar-refractivity contribution in [3.8, 4) is 0 Å². The molecule has 188 valence electrons. The van der Waals surface area contributed by atoms with Gasteiger partial charge in [0.1, 0.15) is 11.6 Å². The molecule has 1 aliphatic heterocycles. The van der Waals surface area contributed by atoms with Gasteiger partial charge in [-0.05, 0) is 44.0 Å². The van der Waals surface area contributed by atoms with Crippen LogP contribution in [0, 0.1) is 13.8 Å². The topological polar surface area (TPSA) is 75.4 Å². The molecule has 1 atom stereocenters. The summed E-state index contributed by atoms with van der Waals surface area (Å²) in [4.78, 5) is 31.0. The second-order valence-electron chi connectivity index (χ2n) is 9.74. The third kappa shape index (κ3) is 4.26. The lowest BCUT2D eigenvalue weighted by Gasteiger charge is -2.37. The number of fused-ring (bicyclic) bond motifs is 3. The van der Waals surface area contributed by atoms with E-state index in [1.807, 2.05) is 35.8 Å². The van der Waals surface area contributed by atoms with E-state index in [0.29, 0.717) is 12.1 Å². The van der Waals surface area contributed by atoms with E-state index in [9.17, 15) is 9.59 Å². The van der Waals surface area contributed by atoms with Crippen molar-refractivity contribution in [2.24, 2.45) is 7.05 Å². The van der Waals surface area contributed by atoms with Crippen molar-refractivity contribution in [1.82, 2.24) is 24.6 Å². The Labute approximate surface area is 211 Å². The first kappa shape index (κ1) is 24.1. The number of carbonyl (C=O) groups is 1. The highest BCUT2D eigenvalue weighted by Gasteiger charge is 2.24. The molecule has 0 unspecified atom stereocenters. The van der Waals surface area contributed by atoms with Gasteiger partial charge in [0.15, 0.2) is 0 Å². The number of hydrogen-bond acceptors (Lipinski definition) is 5. The normalized spacial score (nSPS) is 15.5. The molecule has 3 heterocycles. The Morgan fingerprint density at radius 2 is 1.78 bits per heavy atom. The minimum absolute atomic E-state index is 0.0921. The summed E-state index contributed by atoms with van der Waals surface area (Å²) in [5.41, 5.74) is 5.17. The number of anilines is 1. The average Bonchev–Trinajstić information content (AvgIpc) is 3.23. The van der Waals surface area contributed by atoms with Gasteiger partial charge in [-0.15, -0.1) is 0 Å². The molecule has 4 aromatic rings. The van der Waals surface area contributed by atoms with E-state index in [1.54, 1.807) is 13.2 Å². The predicted molar refractivity (Wildman–Crippen MR) is 145 cm³/mol. The van der Waals surface area contributed by atoms with Crippen LogP contribution in [0.1, 0.15) is 24.1 Å². The zero-order valence-electron chi connectivity index (χ0n) is 21.5. The van der Waals surface area contributed by atoms with Gasteiger partial charge < -0.3 is 14.8 Å². The second kappa shape index (κ2) is 9.78. The van der Waals surface area contributed by atoms with Gasteiger partial charge in [0.2, 0.25) is 5.91 Å². The Hall–Kier alpha value is -3.65. The van der Waals surface area contributed by atoms with Gasteiger partial charge in [0, 0.05) is 62.8 Å². The van der Waals surface area contributed by atoms with E-state index >= 15 is 0 Å². The smallest absolute Gasteiger partial charge is 0.291 e. The Morgan fingerprint density at radius 3 is 2.56 bits per heavy atom. The van der Waals surface area contributed by atoms with Gasteiger partial charge in [0.05, 0.1) is 11.7 Å². The van der Waals surface area contributed by atoms with Crippen molar-refractivity contribution in [2.45, 2.75) is 26.8 Å². The summed E-state index contributed by atoms with van der Waals surface area (Å²) >= 11 is 0. The van der Waals surface area contributed by atoms with Crippen LogP contribution in [-0.2, 0) is 11.8 Å². The summed E-state index contributed by atoms with van der Waals surface area (Å²) in [6.45, 7) is 11.5. The van der Waals surface area contributed by atoms with E-state index in [-0.39, 0.29) is 11.5 Å². The summed E-state index contributed by atoms with van der Waals surface area (Å²) in [7, 11) is 1.63. The molecule has 0 saturated carbocycles. The molecule has 1 fully saturated rings. The molecular weight excluding hydrogens is 452 g/mol. The third-order valence-electron chi connectivity index (χ3n) is 7.59. The summed E-state index contributed by atoms with van der Waals surface area (Å²) < 4.78 is 3.17. The molecule has 1 saturated heterocycles. The number of rotatable bonds is 6. The van der Waals surface area contributed by atoms with Crippen LogP contribution in [0.4, 0.5) is 5.69 Å². The number of nitrogens with zero attached hydrogens (tertiary/aromatic N) is 5. The fraction of sp³-hybridized carbons (Fsp3) is 0.393. The number of amides is 1. The minimum atomic E-state index is -0.524. The van der Waals surface area contributed by atoms with E-state index in [1.165, 1.54) is 21.5 Å². The number of aromatic nitrogens is 3. The van der Waals surface area contributed by atoms with Gasteiger partial charge in [-0.25, -0.2) is 4.68 Å². The molecule has 8 heteroatoms. The van der Waals surface area contributed by atoms with Crippen LogP contribution >= 0.6 is 0 Å². The van der Waals surface area contributed by atoms with Gasteiger partial charge in [-0.3, -0.25) is 14.5 Å². The van der Waals surface area contributed by atoms with Crippen LogP contribution in [0.2, 0.25) is 0 Å². The molecule has 5 rings (SSSR count). The molecule has 8 nitrogen and oxygen atoms in total. The van der Waals surface area contributed by atoms with Gasteiger partial charge in [-0.2, -0.15) is 5.10 Å².